The van der Waals surface area contributed by atoms with Crippen molar-refractivity contribution in [3.05, 3.63) is 71.2 Å². The molecular weight excluding hydrogens is 540 g/mol. The number of nitriles is 1. The maximum Gasteiger partial charge on any atom is 0.240 e. The Kier molecular flexibility index (Phi) is 5.77. The fourth-order valence-corrected chi connectivity index (χ4v) is 7.71. The molecule has 4 aromatic rings. The molecule has 41 heavy (non-hydrogen) atoms. The van der Waals surface area contributed by atoms with Gasteiger partial charge in [0.2, 0.25) is 17.7 Å². The minimum Gasteiger partial charge on any atom is -0.477 e. The van der Waals surface area contributed by atoms with Gasteiger partial charge in [-0.15, -0.1) is 11.3 Å². The molecule has 3 fully saturated rings. The van der Waals surface area contributed by atoms with Crippen molar-refractivity contribution in [2.24, 2.45) is 11.8 Å². The van der Waals surface area contributed by atoms with E-state index in [1.54, 1.807) is 37.4 Å². The zero-order chi connectivity index (χ0) is 28.5. The van der Waals surface area contributed by atoms with Crippen LogP contribution in [0.3, 0.4) is 0 Å². The molecule has 3 aliphatic rings. The molecule has 3 saturated heterocycles. The molecule has 10 heteroatoms. The lowest BCUT2D eigenvalue weighted by atomic mass is 9.66. The lowest BCUT2D eigenvalue weighted by molar-refractivity contribution is -0.134. The van der Waals surface area contributed by atoms with Gasteiger partial charge in [-0.3, -0.25) is 14.6 Å². The molecule has 2 aromatic heterocycles. The molecule has 9 nitrogen and oxygen atoms in total. The number of aromatic nitrogens is 2. The predicted molar refractivity (Wildman–Crippen MR) is 151 cm³/mol. The monoisotopic (exact) mass is 566 g/mol. The Bertz CT molecular complexity index is 1770. The average molecular weight is 567 g/mol. The SMILES string of the molecule is Cc1sc(-c2ccccn2)nc1OCCC12CC(O)C(C)(O1)C1C(=O)N(c3ccc(C#N)c4ccccc34)C(=O)C12. The lowest BCUT2D eigenvalue weighted by Gasteiger charge is -2.33. The van der Waals surface area contributed by atoms with Gasteiger partial charge < -0.3 is 14.6 Å². The number of hydrogen-bond acceptors (Lipinski definition) is 9. The molecule has 1 N–H and O–H groups in total. The van der Waals surface area contributed by atoms with Gasteiger partial charge in [0.25, 0.3) is 0 Å². The predicted octanol–water partition coefficient (Wildman–Crippen LogP) is 4.41. The number of carbonyl (C=O) groups excluding carboxylic acids is 2. The van der Waals surface area contributed by atoms with Crippen LogP contribution in [0, 0.1) is 30.1 Å². The Morgan fingerprint density at radius 3 is 2.63 bits per heavy atom. The number of fused-ring (bicyclic) bond motifs is 6. The topological polar surface area (TPSA) is 126 Å². The minimum atomic E-state index is -1.20. The van der Waals surface area contributed by atoms with Gasteiger partial charge in [0, 0.05) is 29.8 Å². The average Bonchev–Trinajstić information content (AvgIpc) is 3.65. The normalized spacial score (nSPS) is 28.3. The van der Waals surface area contributed by atoms with Crippen LogP contribution in [0.2, 0.25) is 0 Å². The fourth-order valence-electron chi connectivity index (χ4n) is 6.87. The molecule has 3 aliphatic heterocycles. The molecule has 0 aliphatic carbocycles. The zero-order valence-corrected chi connectivity index (χ0v) is 23.2. The number of aliphatic hydroxyl groups is 1. The summed E-state index contributed by atoms with van der Waals surface area (Å²) in [5.41, 5.74) is -0.593. The van der Waals surface area contributed by atoms with Crippen LogP contribution in [-0.2, 0) is 14.3 Å². The van der Waals surface area contributed by atoms with E-state index in [1.807, 2.05) is 37.3 Å². The Labute approximate surface area is 240 Å². The quantitative estimate of drug-likeness (QED) is 0.340. The fraction of sp³-hybridized carbons (Fsp3) is 0.323. The van der Waals surface area contributed by atoms with Crippen LogP contribution < -0.4 is 9.64 Å². The summed E-state index contributed by atoms with van der Waals surface area (Å²) in [5.74, 6) is -1.85. The number of rotatable bonds is 6. The van der Waals surface area contributed by atoms with Crippen molar-refractivity contribution < 1.29 is 24.2 Å². The molecule has 2 bridgehead atoms. The number of amides is 2. The number of carbonyl (C=O) groups is 2. The number of nitrogens with zero attached hydrogens (tertiary/aromatic N) is 4. The number of aliphatic hydroxyl groups excluding tert-OH is 1. The van der Waals surface area contributed by atoms with E-state index in [-0.39, 0.29) is 18.9 Å². The first-order valence-corrected chi connectivity index (χ1v) is 14.3. The van der Waals surface area contributed by atoms with E-state index in [9.17, 15) is 20.0 Å². The Morgan fingerprint density at radius 2 is 1.88 bits per heavy atom. The molecular formula is C31H26N4O5S. The third-order valence-corrected chi connectivity index (χ3v) is 9.75. The van der Waals surface area contributed by atoms with Gasteiger partial charge in [0.15, 0.2) is 0 Å². The lowest BCUT2D eigenvalue weighted by Crippen LogP contribution is -2.49. The van der Waals surface area contributed by atoms with Crippen molar-refractivity contribution in [1.82, 2.24) is 9.97 Å². The van der Waals surface area contributed by atoms with Crippen LogP contribution in [0.4, 0.5) is 5.69 Å². The Hall–Kier alpha value is -4.17. The largest absolute Gasteiger partial charge is 0.477 e. The van der Waals surface area contributed by atoms with E-state index in [4.69, 9.17) is 9.47 Å². The molecule has 2 amide bonds. The molecule has 5 heterocycles. The summed E-state index contributed by atoms with van der Waals surface area (Å²) in [7, 11) is 0. The second kappa shape index (κ2) is 9.17. The summed E-state index contributed by atoms with van der Waals surface area (Å²) in [5, 5.41) is 22.7. The van der Waals surface area contributed by atoms with E-state index < -0.39 is 35.0 Å². The zero-order valence-electron chi connectivity index (χ0n) is 22.4. The molecule has 0 spiro atoms. The Balaban J connectivity index is 1.19. The molecule has 0 radical (unpaired) electrons. The highest BCUT2D eigenvalue weighted by Gasteiger charge is 2.77. The summed E-state index contributed by atoms with van der Waals surface area (Å²) >= 11 is 1.49. The van der Waals surface area contributed by atoms with Crippen LogP contribution >= 0.6 is 11.3 Å². The molecule has 206 valence electrons. The maximum atomic E-state index is 14.1. The van der Waals surface area contributed by atoms with Crippen molar-refractivity contribution in [2.75, 3.05) is 11.5 Å². The second-order valence-electron chi connectivity index (χ2n) is 11.0. The number of thiazole rings is 1. The van der Waals surface area contributed by atoms with Gasteiger partial charge in [-0.2, -0.15) is 10.2 Å². The van der Waals surface area contributed by atoms with E-state index in [0.717, 1.165) is 15.6 Å². The number of hydrogen-bond donors (Lipinski definition) is 1. The number of aryl methyl sites for hydroxylation is 1. The van der Waals surface area contributed by atoms with E-state index in [1.165, 1.54) is 16.2 Å². The van der Waals surface area contributed by atoms with Crippen molar-refractivity contribution in [1.29, 1.82) is 5.26 Å². The van der Waals surface area contributed by atoms with Crippen LogP contribution in [0.5, 0.6) is 5.88 Å². The molecule has 2 aromatic carbocycles. The smallest absolute Gasteiger partial charge is 0.240 e. The van der Waals surface area contributed by atoms with Crippen molar-refractivity contribution in [3.8, 4) is 22.7 Å². The summed E-state index contributed by atoms with van der Waals surface area (Å²) in [4.78, 5) is 39.2. The Morgan fingerprint density at radius 1 is 1.12 bits per heavy atom. The van der Waals surface area contributed by atoms with E-state index in [2.05, 4.69) is 16.0 Å². The van der Waals surface area contributed by atoms with Gasteiger partial charge in [-0.25, -0.2) is 4.90 Å². The van der Waals surface area contributed by atoms with E-state index in [0.29, 0.717) is 34.3 Å². The van der Waals surface area contributed by atoms with Crippen molar-refractivity contribution in [3.63, 3.8) is 0 Å². The number of imide groups is 1. The van der Waals surface area contributed by atoms with Crippen molar-refractivity contribution in [2.45, 2.75) is 44.0 Å². The number of ether oxygens (including phenoxy) is 2. The number of benzene rings is 2. The van der Waals surface area contributed by atoms with Crippen LogP contribution in [0.15, 0.2) is 60.8 Å². The molecule has 0 saturated carbocycles. The number of anilines is 1. The highest BCUT2D eigenvalue weighted by molar-refractivity contribution is 7.15. The summed E-state index contributed by atoms with van der Waals surface area (Å²) in [6, 6.07) is 18.3. The molecule has 5 unspecified atom stereocenters. The summed E-state index contributed by atoms with van der Waals surface area (Å²) in [6.07, 6.45) is 1.34. The van der Waals surface area contributed by atoms with Gasteiger partial charge in [0.1, 0.15) is 10.6 Å². The van der Waals surface area contributed by atoms with Crippen molar-refractivity contribution >= 4 is 39.6 Å². The standard InChI is InChI=1S/C31H26N4O5S/c1-17-26(34-27(41-17)21-9-5-6-13-33-21)39-14-12-31-15-23(36)30(2,40-31)24-25(31)29(38)35(28(24)37)22-11-10-18(16-32)19-7-3-4-8-20(19)22/h3-11,13,23-25,36H,12,14-15H2,1-2H3. The highest BCUT2D eigenvalue weighted by Crippen LogP contribution is 2.62. The van der Waals surface area contributed by atoms with Gasteiger partial charge in [0.05, 0.1) is 58.0 Å². The van der Waals surface area contributed by atoms with Gasteiger partial charge in [-0.05, 0) is 38.1 Å². The number of pyridine rings is 1. The third-order valence-electron chi connectivity index (χ3n) is 8.78. The van der Waals surface area contributed by atoms with E-state index >= 15 is 0 Å². The molecule has 5 atom stereocenters. The highest BCUT2D eigenvalue weighted by atomic mass is 32.1. The minimum absolute atomic E-state index is 0.194. The summed E-state index contributed by atoms with van der Waals surface area (Å²) < 4.78 is 12.5. The van der Waals surface area contributed by atoms with Crippen LogP contribution in [0.25, 0.3) is 21.5 Å². The maximum absolute atomic E-state index is 14.1. The summed E-state index contributed by atoms with van der Waals surface area (Å²) in [6.45, 7) is 3.84. The molecule has 7 rings (SSSR count). The van der Waals surface area contributed by atoms with Gasteiger partial charge in [-0.1, -0.05) is 30.3 Å². The van der Waals surface area contributed by atoms with Gasteiger partial charge >= 0.3 is 0 Å². The second-order valence-corrected chi connectivity index (χ2v) is 12.2. The van der Waals surface area contributed by atoms with Crippen LogP contribution in [-0.4, -0.2) is 50.8 Å². The first-order chi connectivity index (χ1) is 19.8. The first kappa shape index (κ1) is 25.8. The van der Waals surface area contributed by atoms with Crippen LogP contribution in [0.1, 0.15) is 30.2 Å². The third kappa shape index (κ3) is 3.66. The first-order valence-electron chi connectivity index (χ1n) is 13.5.